The van der Waals surface area contributed by atoms with Crippen LogP contribution >= 0.6 is 22.7 Å². The summed E-state index contributed by atoms with van der Waals surface area (Å²) >= 11 is 2.16. The van der Waals surface area contributed by atoms with E-state index in [1.165, 1.54) is 18.3 Å². The van der Waals surface area contributed by atoms with Crippen molar-refractivity contribution >= 4 is 44.8 Å². The Morgan fingerprint density at radius 1 is 1.25 bits per heavy atom. The fourth-order valence-corrected chi connectivity index (χ4v) is 8.03. The minimum atomic E-state index is -4.62. The second-order valence-corrected chi connectivity index (χ2v) is 13.0. The smallest absolute Gasteiger partial charge is 0.417 e. The van der Waals surface area contributed by atoms with Crippen molar-refractivity contribution in [1.82, 2.24) is 9.88 Å². The number of nitrogens with zero attached hydrogens (tertiary/aromatic N) is 2. The SMILES string of the molecule is Cc1c(C(=O)OCC(=O)N2C[C@@]3(C)C[C@@H]2CC(C)(C)C3)sc2nc(-c3cccs3)cc(C(F)(F)F)c12. The molecule has 0 N–H and O–H groups in total. The number of aromatic nitrogens is 1. The Kier molecular flexibility index (Phi) is 5.98. The van der Waals surface area contributed by atoms with E-state index in [-0.39, 0.29) is 49.1 Å². The lowest BCUT2D eigenvalue weighted by atomic mass is 9.65. The predicted octanol–water partition coefficient (Wildman–Crippen LogP) is 6.94. The standard InChI is InChI=1S/C26H27F3N2O3S2/c1-14-20-16(26(27,28)29)8-17(18-6-5-7-35-18)30-22(20)36-21(14)23(33)34-11-19(32)31-13-25(4)10-15(31)9-24(2,3)12-25/h5-8,15H,9-13H2,1-4H3/t15-,25-/m0/s1. The maximum Gasteiger partial charge on any atom is 0.417 e. The number of thiophene rings is 2. The first-order chi connectivity index (χ1) is 16.8. The minimum absolute atomic E-state index is 0.0346. The summed E-state index contributed by atoms with van der Waals surface area (Å²) in [5.41, 5.74) is -0.273. The Hall–Kier alpha value is -2.46. The number of aryl methyl sites for hydroxylation is 1. The molecule has 5 nitrogen and oxygen atoms in total. The number of ether oxygens (including phenoxy) is 1. The largest absolute Gasteiger partial charge is 0.451 e. The maximum atomic E-state index is 14.0. The summed E-state index contributed by atoms with van der Waals surface area (Å²) in [7, 11) is 0. The summed E-state index contributed by atoms with van der Waals surface area (Å²) in [5, 5.41) is 1.67. The lowest BCUT2D eigenvalue weighted by molar-refractivity contribution is -0.136. The average Bonchev–Trinajstić information content (AvgIpc) is 3.47. The van der Waals surface area contributed by atoms with Gasteiger partial charge in [0.15, 0.2) is 6.61 Å². The van der Waals surface area contributed by atoms with Crippen molar-refractivity contribution < 1.29 is 27.5 Å². The van der Waals surface area contributed by atoms with Gasteiger partial charge in [0.1, 0.15) is 9.71 Å². The Morgan fingerprint density at radius 2 is 2.00 bits per heavy atom. The van der Waals surface area contributed by atoms with E-state index in [2.05, 4.69) is 25.8 Å². The molecule has 10 heteroatoms. The topological polar surface area (TPSA) is 59.5 Å². The molecule has 5 rings (SSSR count). The van der Waals surface area contributed by atoms with Crippen LogP contribution in [0.4, 0.5) is 13.2 Å². The molecule has 36 heavy (non-hydrogen) atoms. The Labute approximate surface area is 215 Å². The van der Waals surface area contributed by atoms with Crippen LogP contribution in [0, 0.1) is 17.8 Å². The second-order valence-electron chi connectivity index (χ2n) is 11.1. The van der Waals surface area contributed by atoms with Crippen molar-refractivity contribution in [2.75, 3.05) is 13.2 Å². The quantitative estimate of drug-likeness (QED) is 0.339. The van der Waals surface area contributed by atoms with Crippen LogP contribution in [-0.2, 0) is 15.7 Å². The number of pyridine rings is 1. The van der Waals surface area contributed by atoms with E-state index in [0.29, 0.717) is 11.4 Å². The second kappa shape index (κ2) is 8.55. The van der Waals surface area contributed by atoms with E-state index in [4.69, 9.17) is 4.74 Å². The zero-order chi connectivity index (χ0) is 26.0. The molecule has 2 atom stereocenters. The molecule has 1 saturated heterocycles. The number of fused-ring (bicyclic) bond motifs is 3. The van der Waals surface area contributed by atoms with Gasteiger partial charge in [0.05, 0.1) is 16.1 Å². The fourth-order valence-electron chi connectivity index (χ4n) is 6.24. The van der Waals surface area contributed by atoms with Crippen LogP contribution in [0.2, 0.25) is 0 Å². The van der Waals surface area contributed by atoms with Gasteiger partial charge in [0, 0.05) is 18.0 Å². The Balaban J connectivity index is 1.39. The highest BCUT2D eigenvalue weighted by Crippen LogP contribution is 2.52. The van der Waals surface area contributed by atoms with Crippen LogP contribution in [0.25, 0.3) is 20.8 Å². The molecule has 2 fully saturated rings. The third kappa shape index (κ3) is 4.53. The predicted molar refractivity (Wildman–Crippen MR) is 134 cm³/mol. The first-order valence-electron chi connectivity index (χ1n) is 11.8. The molecule has 192 valence electrons. The number of hydrogen-bond donors (Lipinski definition) is 0. The Morgan fingerprint density at radius 3 is 2.67 bits per heavy atom. The molecule has 1 amide bonds. The highest BCUT2D eigenvalue weighted by atomic mass is 32.1. The van der Waals surface area contributed by atoms with Gasteiger partial charge in [-0.15, -0.1) is 22.7 Å². The van der Waals surface area contributed by atoms with Gasteiger partial charge in [0.25, 0.3) is 5.91 Å². The molecule has 2 bridgehead atoms. The summed E-state index contributed by atoms with van der Waals surface area (Å²) in [6, 6.07) is 4.59. The number of amides is 1. The van der Waals surface area contributed by atoms with E-state index in [1.807, 2.05) is 4.90 Å². The summed E-state index contributed by atoms with van der Waals surface area (Å²) < 4.78 is 47.2. The van der Waals surface area contributed by atoms with Gasteiger partial charge in [0.2, 0.25) is 0 Å². The van der Waals surface area contributed by atoms with Crippen molar-refractivity contribution in [3.63, 3.8) is 0 Å². The first kappa shape index (κ1) is 25.2. The molecule has 4 heterocycles. The number of carbonyl (C=O) groups excluding carboxylic acids is 2. The van der Waals surface area contributed by atoms with E-state index >= 15 is 0 Å². The molecule has 2 aliphatic rings. The van der Waals surface area contributed by atoms with Crippen LogP contribution in [0.3, 0.4) is 0 Å². The van der Waals surface area contributed by atoms with Gasteiger partial charge < -0.3 is 9.64 Å². The molecule has 1 saturated carbocycles. The van der Waals surface area contributed by atoms with Crippen molar-refractivity contribution in [1.29, 1.82) is 0 Å². The van der Waals surface area contributed by atoms with Gasteiger partial charge in [-0.05, 0) is 60.1 Å². The van der Waals surface area contributed by atoms with Crippen LogP contribution in [0.1, 0.15) is 60.8 Å². The van der Waals surface area contributed by atoms with Gasteiger partial charge in [-0.25, -0.2) is 9.78 Å². The number of likely N-dealkylation sites (tertiary alicyclic amines) is 1. The van der Waals surface area contributed by atoms with Crippen molar-refractivity contribution in [2.45, 2.75) is 59.2 Å². The zero-order valence-electron chi connectivity index (χ0n) is 20.5. The third-order valence-corrected chi connectivity index (χ3v) is 9.29. The molecule has 3 aromatic heterocycles. The van der Waals surface area contributed by atoms with Gasteiger partial charge in [-0.3, -0.25) is 4.79 Å². The van der Waals surface area contributed by atoms with Crippen LogP contribution < -0.4 is 0 Å². The molecule has 1 aliphatic carbocycles. The molecule has 0 aromatic carbocycles. The molecular weight excluding hydrogens is 509 g/mol. The van der Waals surface area contributed by atoms with E-state index in [9.17, 15) is 22.8 Å². The van der Waals surface area contributed by atoms with E-state index in [0.717, 1.165) is 36.7 Å². The molecule has 0 spiro atoms. The molecule has 0 radical (unpaired) electrons. The lowest BCUT2D eigenvalue weighted by Gasteiger charge is -2.39. The van der Waals surface area contributed by atoms with E-state index in [1.54, 1.807) is 17.5 Å². The number of rotatable bonds is 4. The molecular formula is C26H27F3N2O3S2. The van der Waals surface area contributed by atoms with Crippen LogP contribution in [0.5, 0.6) is 0 Å². The number of carbonyl (C=O) groups is 2. The first-order valence-corrected chi connectivity index (χ1v) is 13.5. The van der Waals surface area contributed by atoms with E-state index < -0.39 is 24.3 Å². The molecule has 3 aromatic rings. The van der Waals surface area contributed by atoms with Crippen molar-refractivity contribution in [3.8, 4) is 10.6 Å². The summed E-state index contributed by atoms with van der Waals surface area (Å²) in [4.78, 5) is 32.9. The lowest BCUT2D eigenvalue weighted by Crippen LogP contribution is -2.39. The third-order valence-electron chi connectivity index (χ3n) is 7.23. The highest BCUT2D eigenvalue weighted by molar-refractivity contribution is 7.20. The van der Waals surface area contributed by atoms with Crippen LogP contribution in [-0.4, -0.2) is 41.0 Å². The van der Waals surface area contributed by atoms with Gasteiger partial charge >= 0.3 is 12.1 Å². The summed E-state index contributed by atoms with van der Waals surface area (Å²) in [5.74, 6) is -1.06. The van der Waals surface area contributed by atoms with Crippen molar-refractivity contribution in [2.24, 2.45) is 10.8 Å². The molecule has 1 aliphatic heterocycles. The van der Waals surface area contributed by atoms with Gasteiger partial charge in [-0.2, -0.15) is 13.2 Å². The van der Waals surface area contributed by atoms with Crippen molar-refractivity contribution in [3.05, 3.63) is 39.6 Å². The highest BCUT2D eigenvalue weighted by Gasteiger charge is 2.51. The number of halogens is 3. The summed E-state index contributed by atoms with van der Waals surface area (Å²) in [6.07, 6.45) is -1.75. The number of esters is 1. The number of alkyl halides is 3. The summed E-state index contributed by atoms with van der Waals surface area (Å²) in [6.45, 7) is 8.27. The zero-order valence-corrected chi connectivity index (χ0v) is 22.1. The average molecular weight is 537 g/mol. The minimum Gasteiger partial charge on any atom is -0.451 e. The van der Waals surface area contributed by atoms with Crippen LogP contribution in [0.15, 0.2) is 23.6 Å². The molecule has 0 unspecified atom stereocenters. The normalized spacial score (nSPS) is 23.3. The number of hydrogen-bond acceptors (Lipinski definition) is 6. The maximum absolute atomic E-state index is 14.0. The Bertz CT molecular complexity index is 1350. The monoisotopic (exact) mass is 536 g/mol. The van der Waals surface area contributed by atoms with Gasteiger partial charge in [-0.1, -0.05) is 26.8 Å². The fraction of sp³-hybridized carbons (Fsp3) is 0.500.